The van der Waals surface area contributed by atoms with Crippen molar-refractivity contribution in [3.05, 3.63) is 101 Å². The van der Waals surface area contributed by atoms with Crippen molar-refractivity contribution in [2.45, 2.75) is 52.0 Å². The lowest BCUT2D eigenvalue weighted by molar-refractivity contribution is -0.118. The summed E-state index contributed by atoms with van der Waals surface area (Å²) in [5.41, 5.74) is 6.89. The molecule has 12 nitrogen and oxygen atoms in total. The number of anilines is 1. The van der Waals surface area contributed by atoms with Crippen LogP contribution in [-0.4, -0.2) is 44.6 Å². The molecule has 0 aliphatic carbocycles. The highest BCUT2D eigenvalue weighted by molar-refractivity contribution is 5.96. The molecule has 1 atom stereocenters. The Bertz CT molecular complexity index is 1660. The number of allylic oxidation sites excluding steroid dienone is 1. The van der Waals surface area contributed by atoms with Gasteiger partial charge in [-0.2, -0.15) is 0 Å². The third kappa shape index (κ3) is 8.80. The Balaban J connectivity index is 1.47. The van der Waals surface area contributed by atoms with Gasteiger partial charge in [-0.1, -0.05) is 42.5 Å². The number of aromatic amines is 1. The van der Waals surface area contributed by atoms with Crippen molar-refractivity contribution < 1.29 is 23.9 Å². The first-order valence-corrected chi connectivity index (χ1v) is 13.8. The van der Waals surface area contributed by atoms with Crippen LogP contribution in [0.2, 0.25) is 0 Å². The van der Waals surface area contributed by atoms with Crippen LogP contribution in [0.25, 0.3) is 11.0 Å². The average Bonchev–Trinajstić information content (AvgIpc) is 3.39. The van der Waals surface area contributed by atoms with E-state index in [0.29, 0.717) is 17.1 Å². The van der Waals surface area contributed by atoms with E-state index in [1.165, 1.54) is 22.8 Å². The lowest BCUT2D eigenvalue weighted by atomic mass is 10.1. The van der Waals surface area contributed by atoms with E-state index in [4.69, 9.17) is 15.2 Å². The first-order valence-electron chi connectivity index (χ1n) is 13.8. The number of alkyl carbamates (subject to hydrolysis) is 1. The summed E-state index contributed by atoms with van der Waals surface area (Å²) in [6, 6.07) is 16.7. The van der Waals surface area contributed by atoms with Crippen LogP contribution >= 0.6 is 0 Å². The number of carbonyl (C=O) groups is 3. The highest BCUT2D eigenvalue weighted by Gasteiger charge is 2.22. The molecule has 2 aromatic heterocycles. The molecule has 5 N–H and O–H groups in total. The van der Waals surface area contributed by atoms with Crippen molar-refractivity contribution >= 4 is 34.6 Å². The molecule has 12 heteroatoms. The Labute approximate surface area is 247 Å². The topological polar surface area (TPSA) is 170 Å². The number of fused-ring (bicyclic) bond motifs is 1. The van der Waals surface area contributed by atoms with Crippen LogP contribution in [0.3, 0.4) is 0 Å². The van der Waals surface area contributed by atoms with Gasteiger partial charge in [0.15, 0.2) is 0 Å². The summed E-state index contributed by atoms with van der Waals surface area (Å²) >= 11 is 0. The van der Waals surface area contributed by atoms with E-state index >= 15 is 0 Å². The molecule has 0 bridgehead atoms. The molecule has 2 aromatic carbocycles. The molecule has 0 aliphatic rings. The van der Waals surface area contributed by atoms with Crippen LogP contribution < -0.4 is 26.7 Å². The maximum absolute atomic E-state index is 13.3. The standard InChI is InChI=1S/C31H34N6O6/c1-20(2)43-25-15-8-13-22-28(25)36-27(33-22)18-37-17-9-14-24(30(37)40)34-29(39)23(12-6-7-16-26(32)38)35-31(41)42-19-21-10-4-3-5-11-21/h3-5,7-11,13-17,20,23H,6,12,18-19H2,1-2H3,(H2,32,38)(H,33,36)(H,34,39)(H,35,41)/b16-7+/t23-/m0/s1. The number of nitrogens with two attached hydrogens (primary N) is 1. The number of benzene rings is 2. The third-order valence-corrected chi connectivity index (χ3v) is 6.21. The SMILES string of the molecule is CC(C)Oc1cccc2[nH]c(Cn3cccc(NC(=O)[C@H](CC/C=C/C(N)=O)NC(=O)OCc4ccccc4)c3=O)nc12. The van der Waals surface area contributed by atoms with E-state index in [0.717, 1.165) is 11.1 Å². The minimum Gasteiger partial charge on any atom is -0.489 e. The molecular formula is C31H34N6O6. The van der Waals surface area contributed by atoms with Crippen molar-refractivity contribution in [1.82, 2.24) is 19.9 Å². The van der Waals surface area contributed by atoms with Gasteiger partial charge in [0.05, 0.1) is 18.2 Å². The van der Waals surface area contributed by atoms with Crippen molar-refractivity contribution in [2.24, 2.45) is 5.73 Å². The predicted molar refractivity (Wildman–Crippen MR) is 161 cm³/mol. The van der Waals surface area contributed by atoms with E-state index in [2.05, 4.69) is 20.6 Å². The van der Waals surface area contributed by atoms with Crippen LogP contribution in [0.5, 0.6) is 5.75 Å². The lowest BCUT2D eigenvalue weighted by Crippen LogP contribution is -2.44. The maximum Gasteiger partial charge on any atom is 0.408 e. The Morgan fingerprint density at radius 3 is 2.60 bits per heavy atom. The molecule has 0 saturated carbocycles. The number of ether oxygens (including phenoxy) is 2. The highest BCUT2D eigenvalue weighted by Crippen LogP contribution is 2.24. The molecule has 0 radical (unpaired) electrons. The van der Waals surface area contributed by atoms with E-state index in [-0.39, 0.29) is 37.8 Å². The highest BCUT2D eigenvalue weighted by atomic mass is 16.5. The van der Waals surface area contributed by atoms with E-state index in [1.54, 1.807) is 24.4 Å². The summed E-state index contributed by atoms with van der Waals surface area (Å²) < 4.78 is 12.5. The first-order chi connectivity index (χ1) is 20.7. The van der Waals surface area contributed by atoms with Gasteiger partial charge in [-0.3, -0.25) is 14.4 Å². The molecule has 4 rings (SSSR count). The van der Waals surface area contributed by atoms with Crippen LogP contribution in [0.15, 0.2) is 83.8 Å². The van der Waals surface area contributed by atoms with Crippen LogP contribution in [-0.2, 0) is 27.5 Å². The molecule has 224 valence electrons. The zero-order valence-corrected chi connectivity index (χ0v) is 23.9. The van der Waals surface area contributed by atoms with Gasteiger partial charge in [0, 0.05) is 6.20 Å². The van der Waals surface area contributed by atoms with Crippen molar-refractivity contribution in [3.63, 3.8) is 0 Å². The Morgan fingerprint density at radius 2 is 1.86 bits per heavy atom. The van der Waals surface area contributed by atoms with Crippen molar-refractivity contribution in [1.29, 1.82) is 0 Å². The third-order valence-electron chi connectivity index (χ3n) is 6.21. The van der Waals surface area contributed by atoms with Crippen LogP contribution in [0, 0.1) is 0 Å². The number of pyridine rings is 1. The zero-order valence-electron chi connectivity index (χ0n) is 23.9. The van der Waals surface area contributed by atoms with Gasteiger partial charge in [0.25, 0.3) is 5.56 Å². The van der Waals surface area contributed by atoms with Gasteiger partial charge in [-0.25, -0.2) is 9.78 Å². The van der Waals surface area contributed by atoms with Gasteiger partial charge in [0.1, 0.15) is 35.4 Å². The number of rotatable bonds is 13. The molecule has 43 heavy (non-hydrogen) atoms. The smallest absolute Gasteiger partial charge is 0.408 e. The molecule has 0 unspecified atom stereocenters. The summed E-state index contributed by atoms with van der Waals surface area (Å²) in [6.07, 6.45) is 3.80. The minimum absolute atomic E-state index is 0.0128. The zero-order chi connectivity index (χ0) is 30.8. The van der Waals surface area contributed by atoms with Crippen LogP contribution in [0.4, 0.5) is 10.5 Å². The fraction of sp³-hybridized carbons (Fsp3) is 0.258. The van der Waals surface area contributed by atoms with Crippen molar-refractivity contribution in [3.8, 4) is 5.75 Å². The molecule has 0 saturated heterocycles. The van der Waals surface area contributed by atoms with Gasteiger partial charge < -0.3 is 35.4 Å². The summed E-state index contributed by atoms with van der Waals surface area (Å²) in [7, 11) is 0. The van der Waals surface area contributed by atoms with Gasteiger partial charge in [-0.05, 0) is 62.6 Å². The molecular weight excluding hydrogens is 552 g/mol. The fourth-order valence-corrected chi connectivity index (χ4v) is 4.26. The maximum atomic E-state index is 13.3. The fourth-order valence-electron chi connectivity index (χ4n) is 4.26. The first kappa shape index (κ1) is 30.6. The number of aromatic nitrogens is 3. The van der Waals surface area contributed by atoms with Crippen molar-refractivity contribution in [2.75, 3.05) is 5.32 Å². The normalized spacial score (nSPS) is 11.9. The van der Waals surface area contributed by atoms with Gasteiger partial charge in [0.2, 0.25) is 11.8 Å². The minimum atomic E-state index is -1.07. The predicted octanol–water partition coefficient (Wildman–Crippen LogP) is 3.62. The number of hydrogen-bond acceptors (Lipinski definition) is 7. The number of H-pyrrole nitrogens is 1. The van der Waals surface area contributed by atoms with Crippen LogP contribution in [0.1, 0.15) is 38.1 Å². The quantitative estimate of drug-likeness (QED) is 0.173. The molecule has 0 aliphatic heterocycles. The monoisotopic (exact) mass is 586 g/mol. The molecule has 3 amide bonds. The summed E-state index contributed by atoms with van der Waals surface area (Å²) in [5.74, 6) is -0.0930. The number of nitrogens with zero attached hydrogens (tertiary/aromatic N) is 2. The van der Waals surface area contributed by atoms with Gasteiger partial charge >= 0.3 is 6.09 Å². The van der Waals surface area contributed by atoms with Gasteiger partial charge in [-0.15, -0.1) is 0 Å². The van der Waals surface area contributed by atoms with E-state index in [9.17, 15) is 19.2 Å². The summed E-state index contributed by atoms with van der Waals surface area (Å²) in [5, 5.41) is 5.16. The number of primary amides is 1. The average molecular weight is 587 g/mol. The second-order valence-electron chi connectivity index (χ2n) is 9.99. The number of para-hydroxylation sites is 1. The number of nitrogens with one attached hydrogen (secondary N) is 3. The largest absolute Gasteiger partial charge is 0.489 e. The molecule has 2 heterocycles. The Kier molecular flexibility index (Phi) is 10.3. The Hall–Kier alpha value is -5.39. The number of amides is 3. The summed E-state index contributed by atoms with van der Waals surface area (Å²) in [4.78, 5) is 57.9. The lowest BCUT2D eigenvalue weighted by Gasteiger charge is -2.18. The molecule has 0 fully saturated rings. The van der Waals surface area contributed by atoms with E-state index < -0.39 is 29.5 Å². The number of imidazole rings is 1. The second-order valence-corrected chi connectivity index (χ2v) is 9.99. The van der Waals surface area contributed by atoms with E-state index in [1.807, 2.05) is 50.2 Å². The Morgan fingerprint density at radius 1 is 1.07 bits per heavy atom. The number of carbonyl (C=O) groups excluding carboxylic acids is 3. The summed E-state index contributed by atoms with van der Waals surface area (Å²) in [6.45, 7) is 3.98. The second kappa shape index (κ2) is 14.5. The number of hydrogen-bond donors (Lipinski definition) is 4. The molecule has 0 spiro atoms. The molecule has 4 aromatic rings.